The molecule has 0 radical (unpaired) electrons. The van der Waals surface area contributed by atoms with Crippen molar-refractivity contribution >= 4 is 5.82 Å². The number of hydrogen-bond acceptors (Lipinski definition) is 4. The highest BCUT2D eigenvalue weighted by molar-refractivity contribution is 5.41. The summed E-state index contributed by atoms with van der Waals surface area (Å²) in [7, 11) is 0. The van der Waals surface area contributed by atoms with Gasteiger partial charge >= 0.3 is 0 Å². The maximum atomic E-state index is 10.3. The molecule has 3 rings (SSSR count). The second-order valence-electron chi connectivity index (χ2n) is 4.77. The van der Waals surface area contributed by atoms with Gasteiger partial charge in [-0.05, 0) is 41.0 Å². The van der Waals surface area contributed by atoms with Crippen molar-refractivity contribution in [3.63, 3.8) is 0 Å². The number of benzene rings is 1. The summed E-state index contributed by atoms with van der Waals surface area (Å²) in [6.45, 7) is 0.732. The van der Waals surface area contributed by atoms with Crippen molar-refractivity contribution in [3.05, 3.63) is 53.2 Å². The average Bonchev–Trinajstić information content (AvgIpc) is 2.85. The zero-order chi connectivity index (χ0) is 13.2. The highest BCUT2D eigenvalue weighted by Gasteiger charge is 2.15. The maximum Gasteiger partial charge on any atom is 0.123 e. The molecule has 1 aliphatic rings. The summed E-state index contributed by atoms with van der Waals surface area (Å²) in [5.41, 5.74) is 8.71. The SMILES string of the molecule is Nc1cc(CC(O)c2ccc3c(c2)CCO3)ccn1. The van der Waals surface area contributed by atoms with Crippen molar-refractivity contribution in [1.82, 2.24) is 4.98 Å². The molecular formula is C15H16N2O2. The Labute approximate surface area is 111 Å². The Kier molecular flexibility index (Phi) is 3.09. The monoisotopic (exact) mass is 256 g/mol. The van der Waals surface area contributed by atoms with Gasteiger partial charge in [0.25, 0.3) is 0 Å². The smallest absolute Gasteiger partial charge is 0.123 e. The summed E-state index contributed by atoms with van der Waals surface area (Å²) < 4.78 is 5.46. The number of ether oxygens (including phenoxy) is 1. The fourth-order valence-corrected chi connectivity index (χ4v) is 2.38. The highest BCUT2D eigenvalue weighted by atomic mass is 16.5. The zero-order valence-electron chi connectivity index (χ0n) is 10.5. The molecule has 0 spiro atoms. The van der Waals surface area contributed by atoms with Crippen LogP contribution in [0.3, 0.4) is 0 Å². The summed E-state index contributed by atoms with van der Waals surface area (Å²) in [4.78, 5) is 3.95. The van der Waals surface area contributed by atoms with Crippen molar-refractivity contribution in [2.24, 2.45) is 0 Å². The summed E-state index contributed by atoms with van der Waals surface area (Å²) >= 11 is 0. The minimum atomic E-state index is -0.535. The predicted molar refractivity (Wildman–Crippen MR) is 73.0 cm³/mol. The molecule has 1 atom stereocenters. The Morgan fingerprint density at radius 1 is 1.32 bits per heavy atom. The number of rotatable bonds is 3. The summed E-state index contributed by atoms with van der Waals surface area (Å²) in [6.07, 6.45) is 2.57. The lowest BCUT2D eigenvalue weighted by Gasteiger charge is -2.12. The summed E-state index contributed by atoms with van der Waals surface area (Å²) in [6, 6.07) is 9.54. The number of anilines is 1. The molecule has 0 saturated heterocycles. The van der Waals surface area contributed by atoms with Crippen LogP contribution in [0.5, 0.6) is 5.75 Å². The van der Waals surface area contributed by atoms with Crippen LogP contribution in [0, 0.1) is 0 Å². The quantitative estimate of drug-likeness (QED) is 0.879. The maximum absolute atomic E-state index is 10.3. The van der Waals surface area contributed by atoms with Gasteiger partial charge in [-0.15, -0.1) is 0 Å². The van der Waals surface area contributed by atoms with E-state index >= 15 is 0 Å². The topological polar surface area (TPSA) is 68.4 Å². The van der Waals surface area contributed by atoms with E-state index in [0.29, 0.717) is 12.2 Å². The lowest BCUT2D eigenvalue weighted by molar-refractivity contribution is 0.178. The third-order valence-corrected chi connectivity index (χ3v) is 3.37. The average molecular weight is 256 g/mol. The van der Waals surface area contributed by atoms with Crippen molar-refractivity contribution in [2.75, 3.05) is 12.3 Å². The molecule has 98 valence electrons. The van der Waals surface area contributed by atoms with Gasteiger partial charge < -0.3 is 15.6 Å². The fraction of sp³-hybridized carbons (Fsp3) is 0.267. The Balaban J connectivity index is 1.78. The van der Waals surface area contributed by atoms with E-state index in [1.807, 2.05) is 24.3 Å². The van der Waals surface area contributed by atoms with E-state index in [4.69, 9.17) is 10.5 Å². The van der Waals surface area contributed by atoms with E-state index in [-0.39, 0.29) is 0 Å². The Hall–Kier alpha value is -2.07. The first-order valence-electron chi connectivity index (χ1n) is 6.36. The van der Waals surface area contributed by atoms with Crippen molar-refractivity contribution in [1.29, 1.82) is 0 Å². The van der Waals surface area contributed by atoms with Crippen LogP contribution in [0.4, 0.5) is 5.82 Å². The number of pyridine rings is 1. The third kappa shape index (κ3) is 2.53. The number of hydrogen-bond donors (Lipinski definition) is 2. The van der Waals surface area contributed by atoms with Crippen molar-refractivity contribution in [3.8, 4) is 5.75 Å². The first-order valence-corrected chi connectivity index (χ1v) is 6.36. The highest BCUT2D eigenvalue weighted by Crippen LogP contribution is 2.29. The van der Waals surface area contributed by atoms with Gasteiger partial charge in [-0.3, -0.25) is 0 Å². The molecule has 1 unspecified atom stereocenters. The number of nitrogens with zero attached hydrogens (tertiary/aromatic N) is 1. The first-order chi connectivity index (χ1) is 9.22. The molecular weight excluding hydrogens is 240 g/mol. The van der Waals surface area contributed by atoms with Gasteiger partial charge in [0.1, 0.15) is 11.6 Å². The molecule has 3 N–H and O–H groups in total. The molecule has 0 bridgehead atoms. The molecule has 0 saturated carbocycles. The van der Waals surface area contributed by atoms with E-state index in [2.05, 4.69) is 4.98 Å². The van der Waals surface area contributed by atoms with E-state index in [0.717, 1.165) is 29.9 Å². The normalized spacial score (nSPS) is 14.8. The third-order valence-electron chi connectivity index (χ3n) is 3.37. The van der Waals surface area contributed by atoms with Gasteiger partial charge in [0.2, 0.25) is 0 Å². The van der Waals surface area contributed by atoms with E-state index in [1.165, 1.54) is 5.56 Å². The predicted octanol–water partition coefficient (Wildman–Crippen LogP) is 1.87. The molecule has 4 heteroatoms. The fourth-order valence-electron chi connectivity index (χ4n) is 2.38. The zero-order valence-corrected chi connectivity index (χ0v) is 10.5. The van der Waals surface area contributed by atoms with Crippen LogP contribution < -0.4 is 10.5 Å². The number of aliphatic hydroxyl groups excluding tert-OH is 1. The molecule has 1 aromatic carbocycles. The van der Waals surface area contributed by atoms with Crippen molar-refractivity contribution < 1.29 is 9.84 Å². The Morgan fingerprint density at radius 3 is 3.05 bits per heavy atom. The van der Waals surface area contributed by atoms with E-state index < -0.39 is 6.10 Å². The number of aromatic nitrogens is 1. The lowest BCUT2D eigenvalue weighted by Crippen LogP contribution is -2.03. The van der Waals surface area contributed by atoms with Crippen LogP contribution in [0.15, 0.2) is 36.5 Å². The molecule has 2 aromatic rings. The minimum absolute atomic E-state index is 0.479. The number of nitrogen functional groups attached to an aromatic ring is 1. The molecule has 4 nitrogen and oxygen atoms in total. The van der Waals surface area contributed by atoms with Gasteiger partial charge in [-0.2, -0.15) is 0 Å². The van der Waals surface area contributed by atoms with Gasteiger partial charge in [-0.1, -0.05) is 6.07 Å². The van der Waals surface area contributed by atoms with Gasteiger partial charge in [0.15, 0.2) is 0 Å². The molecule has 0 amide bonds. The summed E-state index contributed by atoms with van der Waals surface area (Å²) in [5, 5.41) is 10.3. The second kappa shape index (κ2) is 4.90. The molecule has 19 heavy (non-hydrogen) atoms. The van der Waals surface area contributed by atoms with Crippen LogP contribution in [-0.4, -0.2) is 16.7 Å². The number of nitrogens with two attached hydrogens (primary N) is 1. The molecule has 2 heterocycles. The van der Waals surface area contributed by atoms with E-state index in [1.54, 1.807) is 12.3 Å². The van der Waals surface area contributed by atoms with Crippen LogP contribution in [0.1, 0.15) is 22.8 Å². The Bertz CT molecular complexity index is 598. The largest absolute Gasteiger partial charge is 0.493 e. The Morgan fingerprint density at radius 2 is 2.21 bits per heavy atom. The first kappa shape index (κ1) is 12.0. The molecule has 0 aliphatic carbocycles. The van der Waals surface area contributed by atoms with Crippen LogP contribution >= 0.6 is 0 Å². The van der Waals surface area contributed by atoms with Crippen molar-refractivity contribution in [2.45, 2.75) is 18.9 Å². The van der Waals surface area contributed by atoms with Crippen LogP contribution in [0.2, 0.25) is 0 Å². The number of fused-ring (bicyclic) bond motifs is 1. The van der Waals surface area contributed by atoms with Crippen LogP contribution in [-0.2, 0) is 12.8 Å². The standard InChI is InChI=1S/C15H16N2O2/c16-15-8-10(3-5-17-15)7-13(18)11-1-2-14-12(9-11)4-6-19-14/h1-3,5,8-9,13,18H,4,6-7H2,(H2,16,17). The van der Waals surface area contributed by atoms with Gasteiger partial charge in [-0.25, -0.2) is 4.98 Å². The molecule has 0 fully saturated rings. The minimum Gasteiger partial charge on any atom is -0.493 e. The van der Waals surface area contributed by atoms with Crippen LogP contribution in [0.25, 0.3) is 0 Å². The van der Waals surface area contributed by atoms with E-state index in [9.17, 15) is 5.11 Å². The number of aliphatic hydroxyl groups is 1. The van der Waals surface area contributed by atoms with Gasteiger partial charge in [0, 0.05) is 19.0 Å². The lowest BCUT2D eigenvalue weighted by atomic mass is 9.99. The second-order valence-corrected chi connectivity index (χ2v) is 4.77. The molecule has 1 aliphatic heterocycles. The summed E-state index contributed by atoms with van der Waals surface area (Å²) in [5.74, 6) is 1.41. The molecule has 1 aromatic heterocycles. The van der Waals surface area contributed by atoms with Gasteiger partial charge in [0.05, 0.1) is 12.7 Å².